The maximum atomic E-state index is 13.9. The van der Waals surface area contributed by atoms with E-state index < -0.39 is 0 Å². The van der Waals surface area contributed by atoms with Gasteiger partial charge in [-0.2, -0.15) is 0 Å². The topological polar surface area (TPSA) is 118 Å². The van der Waals surface area contributed by atoms with Gasteiger partial charge in [0.25, 0.3) is 0 Å². The van der Waals surface area contributed by atoms with Crippen molar-refractivity contribution in [2.24, 2.45) is 5.92 Å². The number of benzene rings is 1. The van der Waals surface area contributed by atoms with Crippen molar-refractivity contribution in [1.82, 2.24) is 29.5 Å². The summed E-state index contributed by atoms with van der Waals surface area (Å²) >= 11 is 0. The minimum atomic E-state index is -0.213. The Morgan fingerprint density at radius 2 is 1.90 bits per heavy atom. The second-order valence-electron chi connectivity index (χ2n) is 10.0. The van der Waals surface area contributed by atoms with Crippen LogP contribution in [0.1, 0.15) is 30.4 Å². The number of hydrogen-bond donors (Lipinski definition) is 1. The Morgan fingerprint density at radius 1 is 1.08 bits per heavy atom. The summed E-state index contributed by atoms with van der Waals surface area (Å²) in [5.74, 6) is 1.22. The monoisotopic (exact) mass is 526 g/mol. The van der Waals surface area contributed by atoms with Gasteiger partial charge in [0.15, 0.2) is 5.65 Å². The lowest BCUT2D eigenvalue weighted by atomic mass is 9.88. The summed E-state index contributed by atoms with van der Waals surface area (Å²) in [5, 5.41) is 10.9. The van der Waals surface area contributed by atoms with E-state index >= 15 is 0 Å². The van der Waals surface area contributed by atoms with Crippen LogP contribution in [-0.4, -0.2) is 67.5 Å². The van der Waals surface area contributed by atoms with Crippen molar-refractivity contribution in [3.63, 3.8) is 0 Å². The molecule has 0 radical (unpaired) electrons. The van der Waals surface area contributed by atoms with Crippen molar-refractivity contribution in [2.45, 2.75) is 38.3 Å². The molecule has 200 valence electrons. The third kappa shape index (κ3) is 5.25. The smallest absolute Gasteiger partial charge is 0.226 e. The number of aromatic nitrogens is 5. The molecule has 1 aromatic carbocycles. The van der Waals surface area contributed by atoms with Gasteiger partial charge in [-0.3, -0.25) is 14.0 Å². The molecule has 4 aromatic rings. The number of carbonyl (C=O) groups is 2. The first kappa shape index (κ1) is 24.8. The molecule has 2 aliphatic rings. The van der Waals surface area contributed by atoms with E-state index in [0.29, 0.717) is 30.2 Å². The van der Waals surface area contributed by atoms with E-state index in [4.69, 9.17) is 4.74 Å². The predicted molar refractivity (Wildman–Crippen MR) is 144 cm³/mol. The second-order valence-corrected chi connectivity index (χ2v) is 10.0. The summed E-state index contributed by atoms with van der Waals surface area (Å²) in [6.45, 7) is 1.96. The number of amides is 2. The van der Waals surface area contributed by atoms with Gasteiger partial charge in [-0.1, -0.05) is 24.3 Å². The molecule has 1 saturated heterocycles. The normalized spacial score (nSPS) is 17.6. The largest absolute Gasteiger partial charge is 0.481 e. The Balaban J connectivity index is 1.15. The van der Waals surface area contributed by atoms with Crippen LogP contribution in [0.2, 0.25) is 0 Å². The molecule has 0 aliphatic carbocycles. The molecule has 11 heteroatoms. The molecule has 39 heavy (non-hydrogen) atoms. The zero-order chi connectivity index (χ0) is 26.8. The number of nitrogens with zero attached hydrogens (tertiary/aromatic N) is 7. The fourth-order valence-corrected chi connectivity index (χ4v) is 5.56. The zero-order valence-corrected chi connectivity index (χ0v) is 21.7. The van der Waals surface area contributed by atoms with Gasteiger partial charge >= 0.3 is 0 Å². The number of rotatable bonds is 6. The maximum absolute atomic E-state index is 13.9. The second kappa shape index (κ2) is 10.7. The van der Waals surface area contributed by atoms with Crippen LogP contribution in [0, 0.1) is 5.92 Å². The average molecular weight is 527 g/mol. The van der Waals surface area contributed by atoms with Gasteiger partial charge in [-0.15, -0.1) is 10.2 Å². The summed E-state index contributed by atoms with van der Waals surface area (Å²) in [4.78, 5) is 39.6. The van der Waals surface area contributed by atoms with Crippen LogP contribution in [0.4, 0.5) is 11.5 Å². The van der Waals surface area contributed by atoms with Gasteiger partial charge in [-0.05, 0) is 42.5 Å². The van der Waals surface area contributed by atoms with Crippen molar-refractivity contribution in [2.75, 3.05) is 30.4 Å². The summed E-state index contributed by atoms with van der Waals surface area (Å²) in [5.41, 5.74) is 3.71. The van der Waals surface area contributed by atoms with E-state index in [0.717, 1.165) is 37.3 Å². The van der Waals surface area contributed by atoms with Gasteiger partial charge in [0, 0.05) is 50.3 Å². The molecule has 1 N–H and O–H groups in total. The van der Waals surface area contributed by atoms with Crippen LogP contribution in [0.25, 0.3) is 5.65 Å². The minimum absolute atomic E-state index is 0.100. The number of piperidine rings is 1. The van der Waals surface area contributed by atoms with Crippen molar-refractivity contribution in [1.29, 1.82) is 0 Å². The Labute approximate surface area is 225 Å². The van der Waals surface area contributed by atoms with Crippen LogP contribution < -0.4 is 15.0 Å². The fourth-order valence-electron chi connectivity index (χ4n) is 5.56. The van der Waals surface area contributed by atoms with Crippen LogP contribution in [0.5, 0.6) is 5.88 Å². The Bertz CT molecular complexity index is 1500. The third-order valence-electron chi connectivity index (χ3n) is 7.64. The van der Waals surface area contributed by atoms with E-state index in [1.165, 1.54) is 11.9 Å². The first-order chi connectivity index (χ1) is 19.1. The van der Waals surface area contributed by atoms with Crippen LogP contribution in [0.3, 0.4) is 0 Å². The van der Waals surface area contributed by atoms with E-state index in [9.17, 15) is 9.59 Å². The van der Waals surface area contributed by atoms with Crippen LogP contribution in [0.15, 0.2) is 61.3 Å². The van der Waals surface area contributed by atoms with Crippen molar-refractivity contribution in [3.05, 3.63) is 72.4 Å². The standard InChI is InChI=1S/C28H30N8O3/c1-39-27-14-25(29-17-30-27)34-10-8-19(9-11-34)28(38)36-15-21-5-3-2-4-20(21)12-23(36)13-26(37)32-22-6-7-24-33-31-18-35(24)16-22/h2-7,14,16-19,23H,8-13,15H2,1H3,(H,32,37)/t23-/m1/s1. The number of hydrogen-bond acceptors (Lipinski definition) is 8. The highest BCUT2D eigenvalue weighted by molar-refractivity contribution is 5.91. The van der Waals surface area contributed by atoms with Crippen molar-refractivity contribution < 1.29 is 14.3 Å². The van der Waals surface area contributed by atoms with Crippen molar-refractivity contribution >= 4 is 29.0 Å². The molecule has 5 heterocycles. The number of fused-ring (bicyclic) bond motifs is 2. The van der Waals surface area contributed by atoms with Crippen LogP contribution >= 0.6 is 0 Å². The minimum Gasteiger partial charge on any atom is -0.481 e. The number of anilines is 2. The first-order valence-corrected chi connectivity index (χ1v) is 13.1. The maximum Gasteiger partial charge on any atom is 0.226 e. The van der Waals surface area contributed by atoms with E-state index in [-0.39, 0.29) is 30.2 Å². The Hall–Kier alpha value is -4.54. The summed E-state index contributed by atoms with van der Waals surface area (Å²) in [6.07, 6.45) is 7.20. The van der Waals surface area contributed by atoms with Gasteiger partial charge in [0.05, 0.1) is 12.8 Å². The number of nitrogens with one attached hydrogen (secondary N) is 1. The molecule has 0 bridgehead atoms. The Morgan fingerprint density at radius 3 is 2.72 bits per heavy atom. The summed E-state index contributed by atoms with van der Waals surface area (Å²) in [7, 11) is 1.58. The quantitative estimate of drug-likeness (QED) is 0.408. The average Bonchev–Trinajstić information content (AvgIpc) is 3.44. The van der Waals surface area contributed by atoms with Gasteiger partial charge in [0.1, 0.15) is 18.5 Å². The molecule has 1 fully saturated rings. The third-order valence-corrected chi connectivity index (χ3v) is 7.64. The SMILES string of the molecule is COc1cc(N2CCC(C(=O)N3Cc4ccccc4C[C@@H]3CC(=O)Nc3ccc4nncn4c3)CC2)ncn1. The lowest BCUT2D eigenvalue weighted by molar-refractivity contribution is -0.140. The molecule has 2 amide bonds. The van der Waals surface area contributed by atoms with Gasteiger partial charge in [0.2, 0.25) is 17.7 Å². The molecule has 0 unspecified atom stereocenters. The molecular formula is C28H30N8O3. The Kier molecular flexibility index (Phi) is 6.78. The summed E-state index contributed by atoms with van der Waals surface area (Å²) < 4.78 is 6.99. The van der Waals surface area contributed by atoms with E-state index in [1.807, 2.05) is 29.2 Å². The number of pyridine rings is 1. The molecule has 0 spiro atoms. The molecule has 6 rings (SSSR count). The molecule has 2 aliphatic heterocycles. The van der Waals surface area contributed by atoms with Gasteiger partial charge in [-0.25, -0.2) is 9.97 Å². The fraction of sp³-hybridized carbons (Fsp3) is 0.357. The number of ether oxygens (including phenoxy) is 1. The highest BCUT2D eigenvalue weighted by Crippen LogP contribution is 2.30. The molecule has 11 nitrogen and oxygen atoms in total. The molecular weight excluding hydrogens is 496 g/mol. The lowest BCUT2D eigenvalue weighted by Gasteiger charge is -2.40. The molecule has 1 atom stereocenters. The number of carbonyl (C=O) groups excluding carboxylic acids is 2. The van der Waals surface area contributed by atoms with E-state index in [2.05, 4.69) is 42.5 Å². The summed E-state index contributed by atoms with van der Waals surface area (Å²) in [6, 6.07) is 13.4. The van der Waals surface area contributed by atoms with Gasteiger partial charge < -0.3 is 19.9 Å². The predicted octanol–water partition coefficient (Wildman–Crippen LogP) is 2.73. The van der Waals surface area contributed by atoms with E-state index in [1.54, 1.807) is 30.1 Å². The molecule has 3 aromatic heterocycles. The lowest BCUT2D eigenvalue weighted by Crippen LogP contribution is -2.50. The van der Waals surface area contributed by atoms with Crippen molar-refractivity contribution in [3.8, 4) is 5.88 Å². The zero-order valence-electron chi connectivity index (χ0n) is 21.7. The van der Waals surface area contributed by atoms with Crippen LogP contribution in [-0.2, 0) is 22.6 Å². The highest BCUT2D eigenvalue weighted by Gasteiger charge is 2.36. The first-order valence-electron chi connectivity index (χ1n) is 13.1. The number of methoxy groups -OCH3 is 1. The highest BCUT2D eigenvalue weighted by atomic mass is 16.5. The molecule has 0 saturated carbocycles.